The molecule has 0 N–H and O–H groups in total. The van der Waals surface area contributed by atoms with Gasteiger partial charge in [-0.05, 0) is 43.5 Å². The predicted octanol–water partition coefficient (Wildman–Crippen LogP) is 4.24. The summed E-state index contributed by atoms with van der Waals surface area (Å²) in [7, 11) is 0. The van der Waals surface area contributed by atoms with Crippen LogP contribution in [0.25, 0.3) is 16.9 Å². The number of hydrogen-bond donors (Lipinski definition) is 0. The van der Waals surface area contributed by atoms with Crippen LogP contribution in [0.5, 0.6) is 0 Å². The Morgan fingerprint density at radius 1 is 0.968 bits per heavy atom. The number of aromatic nitrogens is 4. The largest absolute Gasteiger partial charge is 0.337 e. The van der Waals surface area contributed by atoms with E-state index in [0.717, 1.165) is 10.1 Å². The molecule has 0 unspecified atom stereocenters. The molecule has 31 heavy (non-hydrogen) atoms. The third kappa shape index (κ3) is 3.60. The minimum absolute atomic E-state index is 0.0334. The summed E-state index contributed by atoms with van der Waals surface area (Å²) in [4.78, 5) is 31.2. The van der Waals surface area contributed by atoms with Crippen molar-refractivity contribution in [3.05, 3.63) is 92.6 Å². The molecule has 0 aliphatic rings. The number of benzene rings is 2. The molecule has 6 nitrogen and oxygen atoms in total. The second-order valence-electron chi connectivity index (χ2n) is 8.26. The maximum atomic E-state index is 14.3. The van der Waals surface area contributed by atoms with Crippen LogP contribution in [0.3, 0.4) is 0 Å². The Hall–Kier alpha value is -3.48. The molecule has 0 spiro atoms. The molecule has 0 radical (unpaired) electrons. The van der Waals surface area contributed by atoms with Gasteiger partial charge in [-0.2, -0.15) is 0 Å². The van der Waals surface area contributed by atoms with Gasteiger partial charge in [0.15, 0.2) is 11.2 Å². The molecule has 4 aromatic rings. The molecule has 2 aromatic carbocycles. The van der Waals surface area contributed by atoms with Crippen LogP contribution in [-0.4, -0.2) is 18.7 Å². The van der Waals surface area contributed by atoms with Gasteiger partial charge in [-0.25, -0.2) is 18.7 Å². The number of fused-ring (bicyclic) bond motifs is 1. The molecule has 0 fully saturated rings. The summed E-state index contributed by atoms with van der Waals surface area (Å²) >= 11 is 0. The molecule has 0 saturated carbocycles. The minimum Gasteiger partial charge on any atom is -0.322 e. The first kappa shape index (κ1) is 20.8. The van der Waals surface area contributed by atoms with Gasteiger partial charge in [0.2, 0.25) is 0 Å². The summed E-state index contributed by atoms with van der Waals surface area (Å²) in [5, 5.41) is 0. The Morgan fingerprint density at radius 2 is 1.65 bits per heavy atom. The SMILES string of the molecule is CC(C)c1ccc(-n2c(=O)n(Cc3ccccc3F)c(=O)c3c2ncn3C(C)C)cc1. The molecular formula is C24H25FN4O2. The van der Waals surface area contributed by atoms with Gasteiger partial charge < -0.3 is 4.57 Å². The van der Waals surface area contributed by atoms with Gasteiger partial charge in [0.05, 0.1) is 18.6 Å². The maximum Gasteiger partial charge on any atom is 0.337 e. The summed E-state index contributed by atoms with van der Waals surface area (Å²) in [6, 6.07) is 13.7. The van der Waals surface area contributed by atoms with Gasteiger partial charge >= 0.3 is 5.69 Å². The van der Waals surface area contributed by atoms with Crippen molar-refractivity contribution in [2.45, 2.75) is 46.2 Å². The van der Waals surface area contributed by atoms with Crippen molar-refractivity contribution in [3.63, 3.8) is 0 Å². The topological polar surface area (TPSA) is 61.8 Å². The quantitative estimate of drug-likeness (QED) is 0.485. The Balaban J connectivity index is 2.02. The van der Waals surface area contributed by atoms with Crippen LogP contribution in [0.4, 0.5) is 4.39 Å². The molecule has 0 atom stereocenters. The zero-order valence-corrected chi connectivity index (χ0v) is 18.0. The maximum absolute atomic E-state index is 14.3. The molecule has 7 heteroatoms. The molecule has 0 bridgehead atoms. The summed E-state index contributed by atoms with van der Waals surface area (Å²) < 4.78 is 18.6. The molecular weight excluding hydrogens is 395 g/mol. The van der Waals surface area contributed by atoms with E-state index in [4.69, 9.17) is 0 Å². The average molecular weight is 420 g/mol. The van der Waals surface area contributed by atoms with E-state index in [2.05, 4.69) is 18.8 Å². The van der Waals surface area contributed by atoms with Gasteiger partial charge in [-0.1, -0.05) is 44.2 Å². The standard InChI is InChI=1S/C24H25FN4O2/c1-15(2)17-9-11-19(12-10-17)29-22-21(28(14-26-22)16(3)4)23(30)27(24(29)31)13-18-7-5-6-8-20(18)25/h5-12,14-16H,13H2,1-4H3. The van der Waals surface area contributed by atoms with Gasteiger partial charge in [0, 0.05) is 11.6 Å². The number of rotatable bonds is 5. The van der Waals surface area contributed by atoms with Crippen molar-refractivity contribution in [1.82, 2.24) is 18.7 Å². The van der Waals surface area contributed by atoms with Crippen molar-refractivity contribution < 1.29 is 4.39 Å². The zero-order valence-electron chi connectivity index (χ0n) is 18.0. The molecule has 0 aliphatic heterocycles. The van der Waals surface area contributed by atoms with E-state index in [-0.39, 0.29) is 18.2 Å². The predicted molar refractivity (Wildman–Crippen MR) is 120 cm³/mol. The zero-order chi connectivity index (χ0) is 22.3. The van der Waals surface area contributed by atoms with Gasteiger partial charge in [-0.3, -0.25) is 9.36 Å². The summed E-state index contributed by atoms with van der Waals surface area (Å²) in [6.45, 7) is 7.91. The number of nitrogens with zero attached hydrogens (tertiary/aromatic N) is 4. The lowest BCUT2D eigenvalue weighted by molar-refractivity contribution is 0.582. The van der Waals surface area contributed by atoms with E-state index >= 15 is 0 Å². The van der Waals surface area contributed by atoms with E-state index < -0.39 is 17.1 Å². The molecule has 2 heterocycles. The molecule has 4 rings (SSSR count). The van der Waals surface area contributed by atoms with E-state index in [0.29, 0.717) is 22.8 Å². The third-order valence-electron chi connectivity index (χ3n) is 5.52. The Labute approximate surface area is 179 Å². The van der Waals surface area contributed by atoms with Crippen LogP contribution in [0.2, 0.25) is 0 Å². The van der Waals surface area contributed by atoms with Gasteiger partial charge in [0.1, 0.15) is 5.82 Å². The Kier molecular flexibility index (Phi) is 5.35. The first-order valence-corrected chi connectivity index (χ1v) is 10.4. The van der Waals surface area contributed by atoms with Crippen LogP contribution < -0.4 is 11.2 Å². The lowest BCUT2D eigenvalue weighted by Crippen LogP contribution is -2.40. The second-order valence-corrected chi connectivity index (χ2v) is 8.26. The number of hydrogen-bond acceptors (Lipinski definition) is 3. The smallest absolute Gasteiger partial charge is 0.322 e. The molecule has 160 valence electrons. The van der Waals surface area contributed by atoms with E-state index in [1.165, 1.54) is 10.6 Å². The fourth-order valence-corrected chi connectivity index (χ4v) is 3.72. The van der Waals surface area contributed by atoms with Gasteiger partial charge in [0.25, 0.3) is 5.56 Å². The summed E-state index contributed by atoms with van der Waals surface area (Å²) in [6.07, 6.45) is 1.57. The molecule has 0 amide bonds. The first-order valence-electron chi connectivity index (χ1n) is 10.4. The lowest BCUT2D eigenvalue weighted by Gasteiger charge is -2.15. The highest BCUT2D eigenvalue weighted by Gasteiger charge is 2.21. The summed E-state index contributed by atoms with van der Waals surface area (Å²) in [5.41, 5.74) is 1.61. The van der Waals surface area contributed by atoms with Crippen molar-refractivity contribution in [2.24, 2.45) is 0 Å². The third-order valence-corrected chi connectivity index (χ3v) is 5.52. The van der Waals surface area contributed by atoms with Crippen LogP contribution in [0.15, 0.2) is 64.4 Å². The van der Waals surface area contributed by atoms with Crippen LogP contribution in [-0.2, 0) is 6.54 Å². The van der Waals surface area contributed by atoms with E-state index in [9.17, 15) is 14.0 Å². The Morgan fingerprint density at radius 3 is 2.26 bits per heavy atom. The highest BCUT2D eigenvalue weighted by Crippen LogP contribution is 2.20. The Bertz CT molecular complexity index is 1360. The average Bonchev–Trinajstić information content (AvgIpc) is 3.18. The molecule has 0 saturated heterocycles. The van der Waals surface area contributed by atoms with Gasteiger partial charge in [-0.15, -0.1) is 0 Å². The second kappa shape index (κ2) is 7.98. The van der Waals surface area contributed by atoms with Crippen molar-refractivity contribution >= 4 is 11.2 Å². The first-order chi connectivity index (χ1) is 14.8. The number of halogens is 1. The monoisotopic (exact) mass is 420 g/mol. The van der Waals surface area contributed by atoms with Crippen molar-refractivity contribution in [3.8, 4) is 5.69 Å². The summed E-state index contributed by atoms with van der Waals surface area (Å²) in [5.74, 6) is -0.111. The van der Waals surface area contributed by atoms with E-state index in [1.54, 1.807) is 29.1 Å². The van der Waals surface area contributed by atoms with Crippen LogP contribution in [0.1, 0.15) is 50.8 Å². The molecule has 2 aromatic heterocycles. The molecule has 0 aliphatic carbocycles. The van der Waals surface area contributed by atoms with Crippen molar-refractivity contribution in [1.29, 1.82) is 0 Å². The van der Waals surface area contributed by atoms with Crippen LogP contribution >= 0.6 is 0 Å². The van der Waals surface area contributed by atoms with Crippen molar-refractivity contribution in [2.75, 3.05) is 0 Å². The lowest BCUT2D eigenvalue weighted by atomic mass is 10.0. The fourth-order valence-electron chi connectivity index (χ4n) is 3.72. The van der Waals surface area contributed by atoms with E-state index in [1.807, 2.05) is 38.1 Å². The van der Waals surface area contributed by atoms with Crippen LogP contribution in [0, 0.1) is 5.82 Å². The minimum atomic E-state index is -0.549. The normalized spacial score (nSPS) is 11.7. The fraction of sp³-hybridized carbons (Fsp3) is 0.292. The highest BCUT2D eigenvalue weighted by molar-refractivity contribution is 5.72. The highest BCUT2D eigenvalue weighted by atomic mass is 19.1. The number of imidazole rings is 1.